The van der Waals surface area contributed by atoms with Crippen LogP contribution in [0.1, 0.15) is 48.0 Å². The molecule has 0 aliphatic rings. The van der Waals surface area contributed by atoms with Crippen LogP contribution in [0.4, 0.5) is 0 Å². The van der Waals surface area contributed by atoms with E-state index in [1.165, 1.54) is 33.5 Å². The number of hydrogen-bond acceptors (Lipinski definition) is 11. The Bertz CT molecular complexity index is 2340. The molecule has 11 heteroatoms. The van der Waals surface area contributed by atoms with E-state index in [0.717, 1.165) is 72.2 Å². The Morgan fingerprint density at radius 1 is 0.638 bits per heavy atom. The fourth-order valence-electron chi connectivity index (χ4n) is 6.90. The summed E-state index contributed by atoms with van der Waals surface area (Å²) in [5.74, 6) is 1.33. The molecule has 6 aromatic rings. The van der Waals surface area contributed by atoms with Crippen LogP contribution in [0.5, 0.6) is 23.0 Å². The highest BCUT2D eigenvalue weighted by Gasteiger charge is 2.17. The Morgan fingerprint density at radius 2 is 1.28 bits per heavy atom. The third-order valence-corrected chi connectivity index (χ3v) is 9.77. The molecule has 0 spiro atoms. The lowest BCUT2D eigenvalue weighted by Crippen LogP contribution is -2.29. The van der Waals surface area contributed by atoms with Crippen molar-refractivity contribution in [2.75, 3.05) is 60.8 Å². The summed E-state index contributed by atoms with van der Waals surface area (Å²) in [6.07, 6.45) is 6.92. The molecule has 0 N–H and O–H groups in total. The van der Waals surface area contributed by atoms with E-state index in [1.54, 1.807) is 30.3 Å². The van der Waals surface area contributed by atoms with Gasteiger partial charge in [-0.05, 0) is 108 Å². The van der Waals surface area contributed by atoms with Gasteiger partial charge in [-0.3, -0.25) is 0 Å². The number of carbonyl (C=O) groups is 2. The molecule has 58 heavy (non-hydrogen) atoms. The van der Waals surface area contributed by atoms with E-state index >= 15 is 0 Å². The van der Waals surface area contributed by atoms with E-state index in [1.807, 2.05) is 60.7 Å². The summed E-state index contributed by atoms with van der Waals surface area (Å²) < 4.78 is 38.8. The molecule has 0 amide bonds. The number of nitrogens with zero attached hydrogens (tertiary/aromatic N) is 1. The molecule has 0 unspecified atom stereocenters. The summed E-state index contributed by atoms with van der Waals surface area (Å²) in [6.45, 7) is 3.37. The SMILES string of the molecule is COc1cc(/C=C/C(=O)OCCCCCN(CCCOC(=O)c2c3ccccc3cc3ccccc23)CCCOc2ccc3ccc(=O)oc3c2)cc(OC)c1OC. The van der Waals surface area contributed by atoms with E-state index in [4.69, 9.17) is 32.8 Å². The van der Waals surface area contributed by atoms with Crippen molar-refractivity contribution in [3.63, 3.8) is 0 Å². The summed E-state index contributed by atoms with van der Waals surface area (Å²) in [5.41, 5.74) is 1.38. The lowest BCUT2D eigenvalue weighted by molar-refractivity contribution is -0.137. The van der Waals surface area contributed by atoms with E-state index in [9.17, 15) is 14.4 Å². The number of benzene rings is 5. The maximum atomic E-state index is 13.5. The number of fused-ring (bicyclic) bond motifs is 3. The highest BCUT2D eigenvalue weighted by atomic mass is 16.5. The van der Waals surface area contributed by atoms with Crippen LogP contribution in [0.3, 0.4) is 0 Å². The first-order valence-corrected chi connectivity index (χ1v) is 19.5. The molecule has 0 radical (unpaired) electrons. The number of rotatable bonds is 21. The number of esters is 2. The van der Waals surface area contributed by atoms with Crippen molar-refractivity contribution in [2.45, 2.75) is 32.1 Å². The van der Waals surface area contributed by atoms with Crippen LogP contribution in [0.2, 0.25) is 0 Å². The van der Waals surface area contributed by atoms with Gasteiger partial charge < -0.3 is 37.7 Å². The Morgan fingerprint density at radius 3 is 1.97 bits per heavy atom. The highest BCUT2D eigenvalue weighted by molar-refractivity contribution is 6.16. The third kappa shape index (κ3) is 10.9. The number of carbonyl (C=O) groups excluding carboxylic acids is 2. The average Bonchev–Trinajstić information content (AvgIpc) is 3.25. The lowest BCUT2D eigenvalue weighted by Gasteiger charge is -2.22. The molecule has 0 saturated carbocycles. The predicted molar refractivity (Wildman–Crippen MR) is 225 cm³/mol. The number of hydrogen-bond donors (Lipinski definition) is 0. The van der Waals surface area contributed by atoms with Gasteiger partial charge in [-0.25, -0.2) is 14.4 Å². The van der Waals surface area contributed by atoms with Crippen molar-refractivity contribution < 1.29 is 42.4 Å². The fourth-order valence-corrected chi connectivity index (χ4v) is 6.90. The first kappa shape index (κ1) is 41.3. The Hall–Kier alpha value is -6.33. The van der Waals surface area contributed by atoms with E-state index in [-0.39, 0.29) is 12.6 Å². The van der Waals surface area contributed by atoms with Crippen molar-refractivity contribution >= 4 is 50.5 Å². The maximum Gasteiger partial charge on any atom is 0.339 e. The van der Waals surface area contributed by atoms with Gasteiger partial charge in [-0.2, -0.15) is 0 Å². The molecule has 0 fully saturated rings. The van der Waals surface area contributed by atoms with Gasteiger partial charge in [-0.15, -0.1) is 0 Å². The Labute approximate surface area is 337 Å². The largest absolute Gasteiger partial charge is 0.493 e. The van der Waals surface area contributed by atoms with Gasteiger partial charge in [0, 0.05) is 36.7 Å². The van der Waals surface area contributed by atoms with Gasteiger partial charge >= 0.3 is 17.6 Å². The number of methoxy groups -OCH3 is 3. The summed E-state index contributed by atoms with van der Waals surface area (Å²) in [6, 6.07) is 30.0. The zero-order chi connectivity index (χ0) is 40.7. The molecule has 0 saturated heterocycles. The topological polar surface area (TPSA) is 123 Å². The minimum atomic E-state index is -0.435. The second-order valence-corrected chi connectivity index (χ2v) is 13.7. The van der Waals surface area contributed by atoms with Gasteiger partial charge in [0.05, 0.1) is 46.7 Å². The molecule has 0 bridgehead atoms. The minimum Gasteiger partial charge on any atom is -0.493 e. The van der Waals surface area contributed by atoms with Crippen molar-refractivity contribution in [3.8, 4) is 23.0 Å². The smallest absolute Gasteiger partial charge is 0.339 e. The molecule has 302 valence electrons. The van der Waals surface area contributed by atoms with Crippen LogP contribution in [0.25, 0.3) is 38.6 Å². The summed E-state index contributed by atoms with van der Waals surface area (Å²) in [7, 11) is 4.61. The molecule has 0 aliphatic carbocycles. The van der Waals surface area contributed by atoms with Crippen LogP contribution in [-0.2, 0) is 14.3 Å². The van der Waals surface area contributed by atoms with Gasteiger partial charge in [-0.1, -0.05) is 48.5 Å². The summed E-state index contributed by atoms with van der Waals surface area (Å²) in [5, 5.41) is 4.57. The summed E-state index contributed by atoms with van der Waals surface area (Å²) in [4.78, 5) is 40.0. The van der Waals surface area contributed by atoms with Crippen LogP contribution < -0.4 is 24.6 Å². The van der Waals surface area contributed by atoms with Gasteiger partial charge in [0.2, 0.25) is 5.75 Å². The lowest BCUT2D eigenvalue weighted by atomic mass is 9.97. The third-order valence-electron chi connectivity index (χ3n) is 9.77. The van der Waals surface area contributed by atoms with E-state index < -0.39 is 11.6 Å². The number of unbranched alkanes of at least 4 members (excludes halogenated alkanes) is 2. The monoisotopic (exact) mass is 787 g/mol. The average molecular weight is 788 g/mol. The molecule has 1 aromatic heterocycles. The van der Waals surface area contributed by atoms with Crippen molar-refractivity contribution in [3.05, 3.63) is 125 Å². The first-order valence-electron chi connectivity index (χ1n) is 19.5. The normalized spacial score (nSPS) is 11.4. The summed E-state index contributed by atoms with van der Waals surface area (Å²) >= 11 is 0. The van der Waals surface area contributed by atoms with Crippen molar-refractivity contribution in [1.82, 2.24) is 4.90 Å². The first-order chi connectivity index (χ1) is 28.4. The Balaban J connectivity index is 0.989. The maximum absolute atomic E-state index is 13.5. The van der Waals surface area contributed by atoms with Crippen LogP contribution >= 0.6 is 0 Å². The second kappa shape index (κ2) is 20.7. The predicted octanol–water partition coefficient (Wildman–Crippen LogP) is 8.87. The second-order valence-electron chi connectivity index (χ2n) is 13.7. The Kier molecular flexibility index (Phi) is 14.8. The van der Waals surface area contributed by atoms with Gasteiger partial charge in [0.15, 0.2) is 11.5 Å². The highest BCUT2D eigenvalue weighted by Crippen LogP contribution is 2.38. The fraction of sp³-hybridized carbons (Fsp3) is 0.298. The molecule has 0 aliphatic heterocycles. The molecule has 11 nitrogen and oxygen atoms in total. The zero-order valence-corrected chi connectivity index (χ0v) is 33.2. The number of ether oxygens (including phenoxy) is 6. The quantitative estimate of drug-likeness (QED) is 0.0229. The van der Waals surface area contributed by atoms with Crippen molar-refractivity contribution in [1.29, 1.82) is 0 Å². The zero-order valence-electron chi connectivity index (χ0n) is 33.2. The van der Waals surface area contributed by atoms with E-state index in [0.29, 0.717) is 59.3 Å². The van der Waals surface area contributed by atoms with Crippen LogP contribution in [0.15, 0.2) is 112 Å². The van der Waals surface area contributed by atoms with Crippen LogP contribution in [0, 0.1) is 0 Å². The molecule has 0 atom stereocenters. The van der Waals surface area contributed by atoms with Gasteiger partial charge in [0.1, 0.15) is 11.3 Å². The molecule has 6 rings (SSSR count). The minimum absolute atomic E-state index is 0.283. The van der Waals surface area contributed by atoms with E-state index in [2.05, 4.69) is 11.0 Å². The molecular weight excluding hydrogens is 739 g/mol. The molecule has 5 aromatic carbocycles. The molecular formula is C47H49NO10. The van der Waals surface area contributed by atoms with Gasteiger partial charge in [0.25, 0.3) is 0 Å². The van der Waals surface area contributed by atoms with Crippen molar-refractivity contribution in [2.24, 2.45) is 0 Å². The standard InChI is InChI=1S/C47H49NO10/c1-52-41-29-33(30-42(53-2)46(41)54-3)17-21-43(49)56-26-10-4-9-23-48(24-11-27-55-37-20-18-34-19-22-44(50)58-40(34)32-37)25-12-28-57-47(51)45-38-15-7-5-13-35(38)31-36-14-6-8-16-39(36)45/h5-8,13-22,29-32H,4,9-12,23-28H2,1-3H3/b21-17+. The van der Waals surface area contributed by atoms with Crippen LogP contribution in [-0.4, -0.2) is 77.6 Å². The molecule has 1 heterocycles.